The molecule has 2 aliphatic rings. The van der Waals surface area contributed by atoms with Crippen molar-refractivity contribution in [3.63, 3.8) is 0 Å². The Morgan fingerprint density at radius 3 is 2.68 bits per heavy atom. The second-order valence-corrected chi connectivity index (χ2v) is 8.44. The molecule has 2 atom stereocenters. The van der Waals surface area contributed by atoms with Gasteiger partial charge in [-0.1, -0.05) is 23.7 Å². The van der Waals surface area contributed by atoms with Gasteiger partial charge in [0.15, 0.2) is 0 Å². The summed E-state index contributed by atoms with van der Waals surface area (Å²) in [5, 5.41) is 4.21. The number of hydrogen-bond acceptors (Lipinski definition) is 4. The van der Waals surface area contributed by atoms with Crippen LogP contribution in [-0.2, 0) is 24.1 Å². The molecule has 1 fully saturated rings. The van der Waals surface area contributed by atoms with Crippen LogP contribution in [0.3, 0.4) is 0 Å². The Labute approximate surface area is 155 Å². The zero-order valence-corrected chi connectivity index (χ0v) is 15.3. The monoisotopic (exact) mass is 374 g/mol. The molecule has 4 nitrogen and oxygen atoms in total. The normalized spacial score (nSPS) is 21.2. The Morgan fingerprint density at radius 1 is 1.20 bits per heavy atom. The molecule has 3 heterocycles. The van der Waals surface area contributed by atoms with Gasteiger partial charge in [-0.15, -0.1) is 11.3 Å². The Hall–Kier alpha value is -1.69. The molecule has 2 aliphatic heterocycles. The minimum absolute atomic E-state index is 0.0848. The highest BCUT2D eigenvalue weighted by atomic mass is 35.5. The van der Waals surface area contributed by atoms with Crippen molar-refractivity contribution in [2.75, 3.05) is 0 Å². The maximum atomic E-state index is 12.5. The first-order chi connectivity index (χ1) is 12.0. The van der Waals surface area contributed by atoms with Crippen LogP contribution in [0.2, 0.25) is 5.02 Å². The summed E-state index contributed by atoms with van der Waals surface area (Å²) in [7, 11) is 0. The number of fused-ring (bicyclic) bond motifs is 4. The molecule has 0 radical (unpaired) electrons. The number of ketones is 1. The fraction of sp³-hybridized carbons (Fsp3) is 0.368. The number of Topliss-reactive ketones (excluding diaryl/α,β-unsaturated/α-hetero) is 1. The lowest BCUT2D eigenvalue weighted by Crippen LogP contribution is -2.32. The van der Waals surface area contributed by atoms with E-state index < -0.39 is 5.91 Å². The minimum atomic E-state index is -0.418. The summed E-state index contributed by atoms with van der Waals surface area (Å²) in [6, 6.07) is 7.99. The van der Waals surface area contributed by atoms with Crippen LogP contribution in [-0.4, -0.2) is 17.7 Å². The highest BCUT2D eigenvalue weighted by molar-refractivity contribution is 7.12. The molecule has 130 valence electrons. The van der Waals surface area contributed by atoms with Gasteiger partial charge in [-0.3, -0.25) is 9.59 Å². The van der Waals surface area contributed by atoms with Gasteiger partial charge in [-0.25, -0.2) is 0 Å². The number of nitrogens with one attached hydrogen (secondary N) is 1. The molecule has 0 spiro atoms. The smallest absolute Gasteiger partial charge is 0.250 e. The number of rotatable bonds is 5. The molecule has 1 unspecified atom stereocenters. The predicted octanol–water partition coefficient (Wildman–Crippen LogP) is 3.20. The fourth-order valence-electron chi connectivity index (χ4n) is 3.96. The predicted molar refractivity (Wildman–Crippen MR) is 99.3 cm³/mol. The van der Waals surface area contributed by atoms with E-state index in [1.54, 1.807) is 23.5 Å². The fourth-order valence-corrected chi connectivity index (χ4v) is 5.57. The SMILES string of the molecule is NC(=O)c1c(CC(=O)Cc2ccc(Cl)cc2)sc2c1C1CC[C@H](C2)N1. The van der Waals surface area contributed by atoms with Crippen LogP contribution in [0.5, 0.6) is 0 Å². The summed E-state index contributed by atoms with van der Waals surface area (Å²) in [6.45, 7) is 0. The van der Waals surface area contributed by atoms with E-state index >= 15 is 0 Å². The van der Waals surface area contributed by atoms with E-state index in [1.165, 1.54) is 4.88 Å². The van der Waals surface area contributed by atoms with Crippen molar-refractivity contribution >= 4 is 34.6 Å². The first-order valence-electron chi connectivity index (χ1n) is 8.47. The summed E-state index contributed by atoms with van der Waals surface area (Å²) >= 11 is 7.48. The Kier molecular flexibility index (Phi) is 4.40. The van der Waals surface area contributed by atoms with Gasteiger partial charge in [0, 0.05) is 39.7 Å². The molecule has 2 aromatic rings. The second kappa shape index (κ2) is 6.56. The van der Waals surface area contributed by atoms with E-state index in [2.05, 4.69) is 5.32 Å². The first kappa shape index (κ1) is 16.8. The van der Waals surface area contributed by atoms with E-state index in [0.717, 1.165) is 35.3 Å². The lowest BCUT2D eigenvalue weighted by molar-refractivity contribution is -0.117. The summed E-state index contributed by atoms with van der Waals surface area (Å²) in [6.07, 6.45) is 3.70. The van der Waals surface area contributed by atoms with Crippen molar-refractivity contribution in [2.45, 2.75) is 44.2 Å². The maximum Gasteiger partial charge on any atom is 0.250 e. The van der Waals surface area contributed by atoms with Crippen molar-refractivity contribution in [3.05, 3.63) is 55.7 Å². The van der Waals surface area contributed by atoms with Crippen LogP contribution in [0.25, 0.3) is 0 Å². The molecular formula is C19H19ClN2O2S. The number of halogens is 1. The first-order valence-corrected chi connectivity index (χ1v) is 9.67. The van der Waals surface area contributed by atoms with Gasteiger partial charge in [-0.05, 0) is 42.5 Å². The standard InChI is InChI=1S/C19H19ClN2O2S/c20-11-3-1-10(2-4-11)7-13(23)9-16-18(19(21)24)17-14-6-5-12(22-14)8-15(17)25-16/h1-4,12,14,22H,5-9H2,(H2,21,24)/t12-,14?/m1/s1. The van der Waals surface area contributed by atoms with Gasteiger partial charge >= 0.3 is 0 Å². The number of primary amides is 1. The van der Waals surface area contributed by atoms with Crippen LogP contribution in [0.15, 0.2) is 24.3 Å². The molecule has 1 aromatic heterocycles. The van der Waals surface area contributed by atoms with Crippen LogP contribution in [0.1, 0.15) is 50.1 Å². The number of hydrogen-bond donors (Lipinski definition) is 2. The summed E-state index contributed by atoms with van der Waals surface area (Å²) in [4.78, 5) is 26.7. The van der Waals surface area contributed by atoms with Crippen LogP contribution < -0.4 is 11.1 Å². The lowest BCUT2D eigenvalue weighted by Gasteiger charge is -2.22. The third-order valence-electron chi connectivity index (χ3n) is 5.03. The summed E-state index contributed by atoms with van der Waals surface area (Å²) in [5.74, 6) is -0.333. The molecular weight excluding hydrogens is 356 g/mol. The molecule has 1 saturated heterocycles. The molecule has 0 aliphatic carbocycles. The molecule has 2 bridgehead atoms. The number of amides is 1. The van der Waals surface area contributed by atoms with Gasteiger partial charge in [0.1, 0.15) is 5.78 Å². The van der Waals surface area contributed by atoms with Gasteiger partial charge in [0.25, 0.3) is 0 Å². The Bertz CT molecular complexity index is 844. The Balaban J connectivity index is 1.58. The van der Waals surface area contributed by atoms with Gasteiger partial charge in [0.2, 0.25) is 5.91 Å². The largest absolute Gasteiger partial charge is 0.366 e. The van der Waals surface area contributed by atoms with Gasteiger partial charge < -0.3 is 11.1 Å². The quantitative estimate of drug-likeness (QED) is 0.844. The summed E-state index contributed by atoms with van der Waals surface area (Å²) in [5.41, 5.74) is 8.24. The number of benzene rings is 1. The van der Waals surface area contributed by atoms with Gasteiger partial charge in [0.05, 0.1) is 5.56 Å². The zero-order chi connectivity index (χ0) is 17.6. The molecule has 4 rings (SSSR count). The van der Waals surface area contributed by atoms with E-state index in [-0.39, 0.29) is 18.2 Å². The average Bonchev–Trinajstić information content (AvgIpc) is 3.11. The van der Waals surface area contributed by atoms with Crippen LogP contribution in [0, 0.1) is 0 Å². The van der Waals surface area contributed by atoms with Crippen molar-refractivity contribution < 1.29 is 9.59 Å². The minimum Gasteiger partial charge on any atom is -0.366 e. The number of carbonyl (C=O) groups excluding carboxylic acids is 2. The van der Waals surface area contributed by atoms with Crippen molar-refractivity contribution in [1.29, 1.82) is 0 Å². The van der Waals surface area contributed by atoms with E-state index in [9.17, 15) is 9.59 Å². The third-order valence-corrected chi connectivity index (χ3v) is 6.51. The van der Waals surface area contributed by atoms with E-state index in [1.807, 2.05) is 12.1 Å². The number of nitrogens with two attached hydrogens (primary N) is 1. The number of thiophene rings is 1. The number of carbonyl (C=O) groups is 2. The highest BCUT2D eigenvalue weighted by Gasteiger charge is 2.37. The van der Waals surface area contributed by atoms with Crippen molar-refractivity contribution in [3.8, 4) is 0 Å². The molecule has 1 amide bonds. The molecule has 1 aromatic carbocycles. The van der Waals surface area contributed by atoms with Crippen LogP contribution >= 0.6 is 22.9 Å². The molecule has 0 saturated carbocycles. The Morgan fingerprint density at radius 2 is 1.96 bits per heavy atom. The third kappa shape index (κ3) is 3.24. The van der Waals surface area contributed by atoms with Crippen molar-refractivity contribution in [1.82, 2.24) is 5.32 Å². The second-order valence-electron chi connectivity index (χ2n) is 6.82. The average molecular weight is 375 g/mol. The molecule has 6 heteroatoms. The van der Waals surface area contributed by atoms with E-state index in [4.69, 9.17) is 17.3 Å². The lowest BCUT2D eigenvalue weighted by atomic mass is 9.95. The maximum absolute atomic E-state index is 12.5. The highest BCUT2D eigenvalue weighted by Crippen LogP contribution is 2.43. The van der Waals surface area contributed by atoms with Crippen molar-refractivity contribution in [2.24, 2.45) is 5.73 Å². The topological polar surface area (TPSA) is 72.2 Å². The van der Waals surface area contributed by atoms with Gasteiger partial charge in [-0.2, -0.15) is 0 Å². The van der Waals surface area contributed by atoms with E-state index in [0.29, 0.717) is 23.0 Å². The van der Waals surface area contributed by atoms with Crippen LogP contribution in [0.4, 0.5) is 0 Å². The summed E-state index contributed by atoms with van der Waals surface area (Å²) < 4.78 is 0. The zero-order valence-electron chi connectivity index (χ0n) is 13.7. The molecule has 3 N–H and O–H groups in total. The molecule has 25 heavy (non-hydrogen) atoms.